The maximum atomic E-state index is 6.08. The molecule has 1 saturated heterocycles. The third-order valence-corrected chi connectivity index (χ3v) is 5.09. The largest absolute Gasteiger partial charge is 0.489 e. The molecule has 2 aromatic rings. The molecule has 1 atom stereocenters. The van der Waals surface area contributed by atoms with E-state index in [0.29, 0.717) is 12.8 Å². The molecule has 0 aliphatic carbocycles. The zero-order chi connectivity index (χ0) is 17.2. The maximum Gasteiger partial charge on any atom is 0.231 e. The molecule has 0 amide bonds. The van der Waals surface area contributed by atoms with Crippen molar-refractivity contribution < 1.29 is 14.2 Å². The normalized spacial score (nSPS) is 19.0. The Bertz CT molecular complexity index is 724. The van der Waals surface area contributed by atoms with Crippen LogP contribution in [0.2, 0.25) is 0 Å². The van der Waals surface area contributed by atoms with Gasteiger partial charge >= 0.3 is 0 Å². The van der Waals surface area contributed by atoms with Crippen LogP contribution in [-0.2, 0) is 0 Å². The van der Waals surface area contributed by atoms with Crippen LogP contribution in [0.5, 0.6) is 17.2 Å². The van der Waals surface area contributed by atoms with Gasteiger partial charge in [-0.1, -0.05) is 6.07 Å². The zero-order valence-electron chi connectivity index (χ0n) is 14.8. The lowest BCUT2D eigenvalue weighted by atomic mass is 10.0. The Hall–Kier alpha value is -2.27. The molecule has 0 spiro atoms. The number of hydrogen-bond acceptors (Lipinski definition) is 5. The van der Waals surface area contributed by atoms with Crippen molar-refractivity contribution in [3.05, 3.63) is 47.8 Å². The number of nitrogens with zero attached hydrogens (tertiary/aromatic N) is 2. The minimum absolute atomic E-state index is 0.268. The van der Waals surface area contributed by atoms with Crippen LogP contribution in [0.1, 0.15) is 37.1 Å². The molecular formula is C20H24N2O3. The summed E-state index contributed by atoms with van der Waals surface area (Å²) in [7, 11) is 0. The minimum atomic E-state index is 0.268. The van der Waals surface area contributed by atoms with Gasteiger partial charge in [-0.05, 0) is 56.5 Å². The summed E-state index contributed by atoms with van der Waals surface area (Å²) in [4.78, 5) is 6.80. The topological polar surface area (TPSA) is 43.8 Å². The summed E-state index contributed by atoms with van der Waals surface area (Å²) in [5, 5.41) is 0. The van der Waals surface area contributed by atoms with Gasteiger partial charge in [0.1, 0.15) is 11.9 Å². The first-order valence-corrected chi connectivity index (χ1v) is 8.92. The quantitative estimate of drug-likeness (QED) is 0.849. The van der Waals surface area contributed by atoms with Crippen LogP contribution in [0.3, 0.4) is 0 Å². The first kappa shape index (κ1) is 16.2. The number of likely N-dealkylation sites (tertiary alicyclic amines) is 1. The summed E-state index contributed by atoms with van der Waals surface area (Å²) >= 11 is 0. The molecule has 0 saturated carbocycles. The van der Waals surface area contributed by atoms with E-state index in [4.69, 9.17) is 14.2 Å². The second kappa shape index (κ2) is 6.92. The number of ether oxygens (including phenoxy) is 3. The predicted molar refractivity (Wildman–Crippen MR) is 95.2 cm³/mol. The number of pyridine rings is 1. The van der Waals surface area contributed by atoms with Gasteiger partial charge in [-0.25, -0.2) is 0 Å². The summed E-state index contributed by atoms with van der Waals surface area (Å²) in [5.41, 5.74) is 2.28. The highest BCUT2D eigenvalue weighted by Crippen LogP contribution is 2.36. The summed E-state index contributed by atoms with van der Waals surface area (Å²) < 4.78 is 17.0. The lowest BCUT2D eigenvalue weighted by molar-refractivity contribution is 0.0794. The lowest BCUT2D eigenvalue weighted by Gasteiger charge is -2.36. The molecule has 2 aliphatic heterocycles. The zero-order valence-corrected chi connectivity index (χ0v) is 14.8. The Morgan fingerprint density at radius 2 is 1.92 bits per heavy atom. The van der Waals surface area contributed by atoms with E-state index >= 15 is 0 Å². The number of rotatable bonds is 4. The predicted octanol–water partition coefficient (Wildman–Crippen LogP) is 3.72. The van der Waals surface area contributed by atoms with Gasteiger partial charge in [-0.15, -0.1) is 0 Å². The van der Waals surface area contributed by atoms with Crippen LogP contribution in [0.4, 0.5) is 0 Å². The summed E-state index contributed by atoms with van der Waals surface area (Å²) in [5.74, 6) is 2.57. The van der Waals surface area contributed by atoms with Crippen LogP contribution in [0.15, 0.2) is 36.5 Å². The molecule has 1 aromatic heterocycles. The molecule has 1 aromatic carbocycles. The molecule has 1 unspecified atom stereocenters. The first-order valence-electron chi connectivity index (χ1n) is 8.92. The highest BCUT2D eigenvalue weighted by molar-refractivity contribution is 5.45. The summed E-state index contributed by atoms with van der Waals surface area (Å²) in [6.45, 7) is 6.62. The SMILES string of the molecule is Cc1ccc(OC2CCN(C(C)c3ccc4c(c3)OCO4)CC2)cn1. The molecule has 132 valence electrons. The first-order chi connectivity index (χ1) is 12.2. The van der Waals surface area contributed by atoms with Crippen LogP contribution in [0, 0.1) is 6.92 Å². The number of aryl methyl sites for hydroxylation is 1. The van der Waals surface area contributed by atoms with Crippen LogP contribution in [-0.4, -0.2) is 35.9 Å². The third kappa shape index (κ3) is 3.56. The molecule has 1 fully saturated rings. The van der Waals surface area contributed by atoms with Crippen molar-refractivity contribution >= 4 is 0 Å². The number of benzene rings is 1. The molecule has 2 aliphatic rings. The molecular weight excluding hydrogens is 316 g/mol. The van der Waals surface area contributed by atoms with Crippen molar-refractivity contribution in [3.8, 4) is 17.2 Å². The van der Waals surface area contributed by atoms with E-state index in [9.17, 15) is 0 Å². The van der Waals surface area contributed by atoms with Gasteiger partial charge in [-0.2, -0.15) is 0 Å². The standard InChI is InChI=1S/C20H24N2O3/c1-14-3-5-18(12-21-14)25-17-7-9-22(10-8-17)15(2)16-4-6-19-20(11-16)24-13-23-19/h3-6,11-12,15,17H,7-10,13H2,1-2H3. The molecule has 5 heteroatoms. The molecule has 25 heavy (non-hydrogen) atoms. The van der Waals surface area contributed by atoms with E-state index in [1.54, 1.807) is 0 Å². The summed E-state index contributed by atoms with van der Waals surface area (Å²) in [6.07, 6.45) is 4.15. The third-order valence-electron chi connectivity index (χ3n) is 5.09. The second-order valence-electron chi connectivity index (χ2n) is 6.78. The van der Waals surface area contributed by atoms with Crippen LogP contribution < -0.4 is 14.2 Å². The van der Waals surface area contributed by atoms with E-state index in [0.717, 1.165) is 48.9 Å². The Labute approximate surface area is 148 Å². The fraction of sp³-hybridized carbons (Fsp3) is 0.450. The molecule has 3 heterocycles. The Balaban J connectivity index is 1.34. The van der Waals surface area contributed by atoms with Crippen molar-refractivity contribution in [3.63, 3.8) is 0 Å². The van der Waals surface area contributed by atoms with E-state index in [2.05, 4.69) is 28.9 Å². The summed E-state index contributed by atoms with van der Waals surface area (Å²) in [6, 6.07) is 10.6. The Morgan fingerprint density at radius 1 is 1.12 bits per heavy atom. The van der Waals surface area contributed by atoms with Crippen molar-refractivity contribution in [2.75, 3.05) is 19.9 Å². The van der Waals surface area contributed by atoms with Crippen molar-refractivity contribution in [1.29, 1.82) is 0 Å². The molecule has 0 radical (unpaired) electrons. The van der Waals surface area contributed by atoms with E-state index < -0.39 is 0 Å². The average molecular weight is 340 g/mol. The Kier molecular flexibility index (Phi) is 4.49. The van der Waals surface area contributed by atoms with Gasteiger partial charge in [0.25, 0.3) is 0 Å². The van der Waals surface area contributed by atoms with E-state index in [-0.39, 0.29) is 6.10 Å². The average Bonchev–Trinajstić information content (AvgIpc) is 3.11. The van der Waals surface area contributed by atoms with Crippen LogP contribution >= 0.6 is 0 Å². The fourth-order valence-electron chi connectivity index (χ4n) is 3.48. The van der Waals surface area contributed by atoms with Crippen LogP contribution in [0.25, 0.3) is 0 Å². The lowest BCUT2D eigenvalue weighted by Crippen LogP contribution is -2.39. The fourth-order valence-corrected chi connectivity index (χ4v) is 3.48. The number of hydrogen-bond donors (Lipinski definition) is 0. The van der Waals surface area contributed by atoms with E-state index in [1.165, 1.54) is 5.56 Å². The van der Waals surface area contributed by atoms with Gasteiger partial charge in [0, 0.05) is 24.8 Å². The van der Waals surface area contributed by atoms with Gasteiger partial charge in [0.15, 0.2) is 11.5 Å². The highest BCUT2D eigenvalue weighted by atomic mass is 16.7. The molecule has 4 rings (SSSR count). The Morgan fingerprint density at radius 3 is 2.68 bits per heavy atom. The van der Waals surface area contributed by atoms with Crippen molar-refractivity contribution in [2.45, 2.75) is 38.8 Å². The number of fused-ring (bicyclic) bond motifs is 1. The van der Waals surface area contributed by atoms with Crippen molar-refractivity contribution in [2.24, 2.45) is 0 Å². The maximum absolute atomic E-state index is 6.08. The number of piperidine rings is 1. The van der Waals surface area contributed by atoms with Gasteiger partial charge in [0.2, 0.25) is 6.79 Å². The minimum Gasteiger partial charge on any atom is -0.489 e. The monoisotopic (exact) mass is 340 g/mol. The second-order valence-corrected chi connectivity index (χ2v) is 6.78. The van der Waals surface area contributed by atoms with Gasteiger partial charge < -0.3 is 14.2 Å². The molecule has 5 nitrogen and oxygen atoms in total. The smallest absolute Gasteiger partial charge is 0.231 e. The van der Waals surface area contributed by atoms with Crippen molar-refractivity contribution in [1.82, 2.24) is 9.88 Å². The van der Waals surface area contributed by atoms with E-state index in [1.807, 2.05) is 31.3 Å². The molecule has 0 N–H and O–H groups in total. The molecule has 0 bridgehead atoms. The number of aromatic nitrogens is 1. The van der Waals surface area contributed by atoms with Gasteiger partial charge in [0.05, 0.1) is 6.20 Å². The highest BCUT2D eigenvalue weighted by Gasteiger charge is 2.25. The van der Waals surface area contributed by atoms with Gasteiger partial charge in [-0.3, -0.25) is 9.88 Å².